The molecular weight excluding hydrogens is 252 g/mol. The molecule has 20 heavy (non-hydrogen) atoms. The molecule has 0 aliphatic heterocycles. The van der Waals surface area contributed by atoms with Gasteiger partial charge in [-0.2, -0.15) is 0 Å². The second-order valence-corrected chi connectivity index (χ2v) is 5.92. The van der Waals surface area contributed by atoms with Crippen molar-refractivity contribution in [2.45, 2.75) is 32.8 Å². The third-order valence-electron chi connectivity index (χ3n) is 3.16. The number of hydrogen-bond acceptors (Lipinski definition) is 4. The van der Waals surface area contributed by atoms with Crippen molar-refractivity contribution >= 4 is 5.82 Å². The number of nitrogens with two attached hydrogens (primary N) is 2. The van der Waals surface area contributed by atoms with Gasteiger partial charge in [-0.05, 0) is 5.56 Å². The van der Waals surface area contributed by atoms with Crippen LogP contribution in [-0.2, 0) is 16.8 Å². The maximum atomic E-state index is 6.08. The summed E-state index contributed by atoms with van der Waals surface area (Å²) < 4.78 is 6.57. The van der Waals surface area contributed by atoms with E-state index in [0.717, 1.165) is 22.6 Å². The van der Waals surface area contributed by atoms with E-state index in [0.29, 0.717) is 12.4 Å². The zero-order chi connectivity index (χ0) is 14.9. The average molecular weight is 274 g/mol. The summed E-state index contributed by atoms with van der Waals surface area (Å²) in [7, 11) is 1.68. The summed E-state index contributed by atoms with van der Waals surface area (Å²) in [6, 6.07) is 7.98. The lowest BCUT2D eigenvalue weighted by Crippen LogP contribution is -2.24. The average Bonchev–Trinajstić information content (AvgIpc) is 2.68. The molecule has 0 bridgehead atoms. The number of benzene rings is 1. The van der Waals surface area contributed by atoms with Crippen LogP contribution in [0.4, 0.5) is 5.82 Å². The van der Waals surface area contributed by atoms with E-state index in [9.17, 15) is 0 Å². The molecule has 108 valence electrons. The van der Waals surface area contributed by atoms with Crippen molar-refractivity contribution in [2.75, 3.05) is 18.7 Å². The minimum absolute atomic E-state index is 0.156. The Kier molecular flexibility index (Phi) is 3.72. The van der Waals surface area contributed by atoms with Crippen LogP contribution in [0, 0.1) is 0 Å². The number of anilines is 1. The number of methoxy groups -OCH3 is 1. The Bertz CT molecular complexity index is 594. The predicted molar refractivity (Wildman–Crippen MR) is 81.6 cm³/mol. The van der Waals surface area contributed by atoms with Gasteiger partial charge in [0.25, 0.3) is 0 Å². The Morgan fingerprint density at radius 2 is 1.80 bits per heavy atom. The van der Waals surface area contributed by atoms with Gasteiger partial charge in [-0.15, -0.1) is 0 Å². The molecule has 5 heteroatoms. The highest BCUT2D eigenvalue weighted by molar-refractivity contribution is 5.71. The van der Waals surface area contributed by atoms with Gasteiger partial charge in [0.1, 0.15) is 11.5 Å². The van der Waals surface area contributed by atoms with Gasteiger partial charge < -0.3 is 16.3 Å². The van der Waals surface area contributed by atoms with Gasteiger partial charge in [-0.1, -0.05) is 45.0 Å². The fourth-order valence-corrected chi connectivity index (χ4v) is 2.11. The highest BCUT2D eigenvalue weighted by Crippen LogP contribution is 2.30. The summed E-state index contributed by atoms with van der Waals surface area (Å²) in [5.41, 5.74) is 8.71. The Hall–Kier alpha value is -2.01. The predicted octanol–water partition coefficient (Wildman–Crippen LogP) is 2.29. The van der Waals surface area contributed by atoms with Crippen molar-refractivity contribution in [3.8, 4) is 11.3 Å². The molecule has 0 saturated heterocycles. The molecule has 0 saturated carbocycles. The van der Waals surface area contributed by atoms with Gasteiger partial charge in [0.05, 0.1) is 6.61 Å². The first kappa shape index (κ1) is 14.4. The quantitative estimate of drug-likeness (QED) is 0.842. The van der Waals surface area contributed by atoms with E-state index in [-0.39, 0.29) is 5.41 Å². The van der Waals surface area contributed by atoms with E-state index < -0.39 is 0 Å². The maximum Gasteiger partial charge on any atom is 0.150 e. The summed E-state index contributed by atoms with van der Waals surface area (Å²) in [4.78, 5) is 4.61. The standard InChI is InChI=1S/C15H22N4O/c1-15(2,3)14-18-12(13(16)19(14)17)11-7-5-10(6-8-11)9-20-4/h5-8H,9,16-17H2,1-4H3. The fourth-order valence-electron chi connectivity index (χ4n) is 2.11. The largest absolute Gasteiger partial charge is 0.382 e. The molecule has 4 N–H and O–H groups in total. The minimum Gasteiger partial charge on any atom is -0.382 e. The number of rotatable bonds is 3. The van der Waals surface area contributed by atoms with Crippen LogP contribution in [0.1, 0.15) is 32.2 Å². The van der Waals surface area contributed by atoms with E-state index in [1.807, 2.05) is 24.3 Å². The first-order chi connectivity index (χ1) is 9.34. The number of nitrogens with zero attached hydrogens (tertiary/aromatic N) is 2. The van der Waals surface area contributed by atoms with Crippen molar-refractivity contribution in [2.24, 2.45) is 0 Å². The number of aromatic nitrogens is 2. The van der Waals surface area contributed by atoms with E-state index >= 15 is 0 Å². The van der Waals surface area contributed by atoms with Crippen molar-refractivity contribution < 1.29 is 4.74 Å². The third kappa shape index (κ3) is 2.63. The fraction of sp³-hybridized carbons (Fsp3) is 0.400. The number of hydrogen-bond donors (Lipinski definition) is 2. The zero-order valence-electron chi connectivity index (χ0n) is 12.5. The highest BCUT2D eigenvalue weighted by Gasteiger charge is 2.24. The first-order valence-corrected chi connectivity index (χ1v) is 6.56. The van der Waals surface area contributed by atoms with Crippen LogP contribution in [0.3, 0.4) is 0 Å². The van der Waals surface area contributed by atoms with E-state index in [1.165, 1.54) is 4.68 Å². The third-order valence-corrected chi connectivity index (χ3v) is 3.16. The smallest absolute Gasteiger partial charge is 0.150 e. The molecule has 0 spiro atoms. The van der Waals surface area contributed by atoms with Crippen LogP contribution in [0.2, 0.25) is 0 Å². The molecule has 0 atom stereocenters. The molecule has 5 nitrogen and oxygen atoms in total. The van der Waals surface area contributed by atoms with Gasteiger partial charge in [0, 0.05) is 18.1 Å². The lowest BCUT2D eigenvalue weighted by molar-refractivity contribution is 0.185. The Morgan fingerprint density at radius 1 is 1.20 bits per heavy atom. The molecular formula is C15H22N4O. The number of ether oxygens (including phenoxy) is 1. The summed E-state index contributed by atoms with van der Waals surface area (Å²) in [5.74, 6) is 7.26. The lowest BCUT2D eigenvalue weighted by atomic mass is 9.96. The number of nitrogen functional groups attached to an aromatic ring is 2. The van der Waals surface area contributed by atoms with Crippen LogP contribution in [0.5, 0.6) is 0 Å². The molecule has 0 aliphatic carbocycles. The molecule has 1 aromatic carbocycles. The normalized spacial score (nSPS) is 11.8. The highest BCUT2D eigenvalue weighted by atomic mass is 16.5. The zero-order valence-corrected chi connectivity index (χ0v) is 12.5. The maximum absolute atomic E-state index is 6.08. The summed E-state index contributed by atoms with van der Waals surface area (Å²) in [6.45, 7) is 6.77. The van der Waals surface area contributed by atoms with Crippen LogP contribution < -0.4 is 11.6 Å². The monoisotopic (exact) mass is 274 g/mol. The van der Waals surface area contributed by atoms with E-state index in [1.54, 1.807) is 7.11 Å². The van der Waals surface area contributed by atoms with Crippen LogP contribution in [0.15, 0.2) is 24.3 Å². The SMILES string of the molecule is COCc1ccc(-c2nc(C(C)(C)C)n(N)c2N)cc1. The molecule has 0 fully saturated rings. The summed E-state index contributed by atoms with van der Waals surface area (Å²) in [6.07, 6.45) is 0. The van der Waals surface area contributed by atoms with Crippen molar-refractivity contribution in [1.82, 2.24) is 9.66 Å². The van der Waals surface area contributed by atoms with Crippen molar-refractivity contribution in [1.29, 1.82) is 0 Å². The second-order valence-electron chi connectivity index (χ2n) is 5.92. The Morgan fingerprint density at radius 3 is 2.25 bits per heavy atom. The van der Waals surface area contributed by atoms with Crippen molar-refractivity contribution in [3.05, 3.63) is 35.7 Å². The van der Waals surface area contributed by atoms with Crippen molar-refractivity contribution in [3.63, 3.8) is 0 Å². The molecule has 0 amide bonds. The van der Waals surface area contributed by atoms with Gasteiger partial charge in [0.15, 0.2) is 5.82 Å². The summed E-state index contributed by atoms with van der Waals surface area (Å²) in [5, 5.41) is 0. The van der Waals surface area contributed by atoms with Crippen LogP contribution in [0.25, 0.3) is 11.3 Å². The molecule has 1 aromatic heterocycles. The second kappa shape index (κ2) is 5.17. The molecule has 0 radical (unpaired) electrons. The molecule has 2 rings (SSSR count). The first-order valence-electron chi connectivity index (χ1n) is 6.56. The lowest BCUT2D eigenvalue weighted by Gasteiger charge is -2.17. The topological polar surface area (TPSA) is 79.1 Å². The molecule has 0 unspecified atom stereocenters. The Labute approximate surface area is 119 Å². The minimum atomic E-state index is -0.156. The number of imidazole rings is 1. The van der Waals surface area contributed by atoms with Crippen LogP contribution >= 0.6 is 0 Å². The molecule has 1 heterocycles. The molecule has 0 aliphatic rings. The van der Waals surface area contributed by atoms with E-state index in [2.05, 4.69) is 25.8 Å². The summed E-state index contributed by atoms with van der Waals surface area (Å²) >= 11 is 0. The van der Waals surface area contributed by atoms with Crippen LogP contribution in [-0.4, -0.2) is 16.8 Å². The van der Waals surface area contributed by atoms with Gasteiger partial charge in [0.2, 0.25) is 0 Å². The van der Waals surface area contributed by atoms with E-state index in [4.69, 9.17) is 16.3 Å². The van der Waals surface area contributed by atoms with Gasteiger partial charge >= 0.3 is 0 Å². The Balaban J connectivity index is 2.43. The molecule has 2 aromatic rings. The van der Waals surface area contributed by atoms with Gasteiger partial charge in [-0.3, -0.25) is 0 Å². The van der Waals surface area contributed by atoms with Gasteiger partial charge in [-0.25, -0.2) is 9.66 Å².